The van der Waals surface area contributed by atoms with E-state index in [9.17, 15) is 0 Å². The number of fused-ring (bicyclic) bond motifs is 1. The van der Waals surface area contributed by atoms with Gasteiger partial charge in [-0.2, -0.15) is 0 Å². The first-order chi connectivity index (χ1) is 13.4. The van der Waals surface area contributed by atoms with Crippen molar-refractivity contribution in [3.8, 4) is 0 Å². The number of aliphatic imine (C=N–C) groups is 1. The van der Waals surface area contributed by atoms with Crippen LogP contribution < -0.4 is 0 Å². The molecular formula is C24H21NS2. The number of benzene rings is 3. The summed E-state index contributed by atoms with van der Waals surface area (Å²) in [5.74, 6) is 0. The number of thioether (sulfide) groups is 2. The van der Waals surface area contributed by atoms with Crippen molar-refractivity contribution in [2.24, 2.45) is 4.99 Å². The Morgan fingerprint density at radius 1 is 0.778 bits per heavy atom. The minimum absolute atomic E-state index is 1.00. The highest BCUT2D eigenvalue weighted by Crippen LogP contribution is 2.29. The molecule has 1 aliphatic rings. The minimum Gasteiger partial charge on any atom is -0.242 e. The topological polar surface area (TPSA) is 12.4 Å². The first-order valence-corrected chi connectivity index (χ1v) is 10.9. The van der Waals surface area contributed by atoms with Gasteiger partial charge in [-0.15, -0.1) is 0 Å². The average molecular weight is 388 g/mol. The first-order valence-electron chi connectivity index (χ1n) is 9.18. The van der Waals surface area contributed by atoms with Gasteiger partial charge >= 0.3 is 0 Å². The Kier molecular flexibility index (Phi) is 6.13. The molecule has 0 spiro atoms. The van der Waals surface area contributed by atoms with Gasteiger partial charge in [0.2, 0.25) is 0 Å². The maximum absolute atomic E-state index is 4.94. The van der Waals surface area contributed by atoms with E-state index >= 15 is 0 Å². The highest BCUT2D eigenvalue weighted by Gasteiger charge is 2.10. The van der Waals surface area contributed by atoms with Crippen molar-refractivity contribution in [3.05, 3.63) is 101 Å². The van der Waals surface area contributed by atoms with Gasteiger partial charge in [0.1, 0.15) is 5.04 Å². The van der Waals surface area contributed by atoms with E-state index in [0.717, 1.165) is 10.7 Å². The largest absolute Gasteiger partial charge is 0.242 e. The van der Waals surface area contributed by atoms with Crippen molar-refractivity contribution in [3.63, 3.8) is 0 Å². The number of nitrogens with zero attached hydrogens (tertiary/aromatic N) is 1. The number of hydrogen-bond acceptors (Lipinski definition) is 3. The molecule has 0 saturated heterocycles. The van der Waals surface area contributed by atoms with E-state index in [1.807, 2.05) is 12.1 Å². The predicted octanol–water partition coefficient (Wildman–Crippen LogP) is 7.30. The van der Waals surface area contributed by atoms with E-state index in [1.54, 1.807) is 23.5 Å². The van der Waals surface area contributed by atoms with Crippen LogP contribution >= 0.6 is 23.5 Å². The van der Waals surface area contributed by atoms with Crippen molar-refractivity contribution in [2.45, 2.75) is 29.1 Å². The zero-order valence-electron chi connectivity index (χ0n) is 15.0. The van der Waals surface area contributed by atoms with Crippen LogP contribution in [0, 0.1) is 0 Å². The smallest absolute Gasteiger partial charge is 0.102 e. The summed E-state index contributed by atoms with van der Waals surface area (Å²) in [5, 5.41) is 3.12. The Morgan fingerprint density at radius 2 is 1.48 bits per heavy atom. The minimum atomic E-state index is 1.00. The lowest BCUT2D eigenvalue weighted by Gasteiger charge is -2.05. The zero-order chi connectivity index (χ0) is 18.3. The SMILES string of the molecule is C(=CC(=Nc1ccc2c(c1)CCC2)Sc1ccccc1)Sc1ccccc1. The van der Waals surface area contributed by atoms with E-state index in [2.05, 4.69) is 78.2 Å². The molecule has 0 saturated carbocycles. The Labute approximate surface area is 169 Å². The average Bonchev–Trinajstić information content (AvgIpc) is 3.17. The highest BCUT2D eigenvalue weighted by molar-refractivity contribution is 8.14. The molecule has 3 heteroatoms. The van der Waals surface area contributed by atoms with Crippen LogP contribution in [-0.2, 0) is 12.8 Å². The maximum Gasteiger partial charge on any atom is 0.102 e. The summed E-state index contributed by atoms with van der Waals surface area (Å²) in [6.07, 6.45) is 5.77. The zero-order valence-corrected chi connectivity index (χ0v) is 16.7. The molecule has 27 heavy (non-hydrogen) atoms. The summed E-state index contributed by atoms with van der Waals surface area (Å²) in [7, 11) is 0. The van der Waals surface area contributed by atoms with Crippen LogP contribution in [0.1, 0.15) is 17.5 Å². The van der Waals surface area contributed by atoms with Gasteiger partial charge in [-0.1, -0.05) is 66.0 Å². The number of hydrogen-bond donors (Lipinski definition) is 0. The van der Waals surface area contributed by atoms with Crippen LogP contribution in [0.25, 0.3) is 0 Å². The van der Waals surface area contributed by atoms with Crippen LogP contribution in [0.15, 0.2) is 105 Å². The number of rotatable bonds is 5. The third-order valence-electron chi connectivity index (χ3n) is 4.44. The van der Waals surface area contributed by atoms with E-state index in [0.29, 0.717) is 0 Å². The highest BCUT2D eigenvalue weighted by atomic mass is 32.2. The summed E-state index contributed by atoms with van der Waals surface area (Å²) >= 11 is 3.42. The Hall–Kier alpha value is -2.23. The second-order valence-electron chi connectivity index (χ2n) is 6.41. The Balaban J connectivity index is 1.57. The third kappa shape index (κ3) is 5.15. The van der Waals surface area contributed by atoms with Crippen LogP contribution in [-0.4, -0.2) is 5.04 Å². The van der Waals surface area contributed by atoms with Crippen LogP contribution in [0.3, 0.4) is 0 Å². The molecule has 0 aromatic heterocycles. The molecule has 4 rings (SSSR count). The molecule has 0 unspecified atom stereocenters. The van der Waals surface area contributed by atoms with Crippen molar-refractivity contribution in [2.75, 3.05) is 0 Å². The van der Waals surface area contributed by atoms with E-state index in [4.69, 9.17) is 4.99 Å². The van der Waals surface area contributed by atoms with Gasteiger partial charge in [0, 0.05) is 9.79 Å². The lowest BCUT2D eigenvalue weighted by Crippen LogP contribution is -1.87. The van der Waals surface area contributed by atoms with Crippen LogP contribution in [0.5, 0.6) is 0 Å². The summed E-state index contributed by atoms with van der Waals surface area (Å²) in [4.78, 5) is 7.37. The summed E-state index contributed by atoms with van der Waals surface area (Å²) in [6, 6.07) is 27.5. The van der Waals surface area contributed by atoms with Gasteiger partial charge in [-0.05, 0) is 78.3 Å². The fourth-order valence-corrected chi connectivity index (χ4v) is 4.70. The fraction of sp³-hybridized carbons (Fsp3) is 0.125. The molecule has 1 aliphatic carbocycles. The van der Waals surface area contributed by atoms with E-state index in [-0.39, 0.29) is 0 Å². The molecule has 0 aliphatic heterocycles. The lowest BCUT2D eigenvalue weighted by molar-refractivity contribution is 0.912. The predicted molar refractivity (Wildman–Crippen MR) is 119 cm³/mol. The molecular weight excluding hydrogens is 366 g/mol. The maximum atomic E-state index is 4.94. The molecule has 1 nitrogen and oxygen atoms in total. The molecule has 0 heterocycles. The van der Waals surface area contributed by atoms with Crippen molar-refractivity contribution in [1.82, 2.24) is 0 Å². The molecule has 0 fully saturated rings. The second kappa shape index (κ2) is 9.12. The lowest BCUT2D eigenvalue weighted by atomic mass is 10.1. The van der Waals surface area contributed by atoms with Gasteiger partial charge < -0.3 is 0 Å². The van der Waals surface area contributed by atoms with E-state index in [1.165, 1.54) is 40.2 Å². The second-order valence-corrected chi connectivity index (χ2v) is 8.48. The van der Waals surface area contributed by atoms with Crippen LogP contribution in [0.4, 0.5) is 5.69 Å². The van der Waals surface area contributed by atoms with Gasteiger partial charge in [0.25, 0.3) is 0 Å². The van der Waals surface area contributed by atoms with Gasteiger partial charge in [-0.3, -0.25) is 0 Å². The molecule has 3 aromatic rings. The van der Waals surface area contributed by atoms with E-state index < -0.39 is 0 Å². The van der Waals surface area contributed by atoms with Gasteiger partial charge in [-0.25, -0.2) is 4.99 Å². The molecule has 134 valence electrons. The molecule has 0 bridgehead atoms. The van der Waals surface area contributed by atoms with Crippen molar-refractivity contribution >= 4 is 34.3 Å². The number of aryl methyl sites for hydroxylation is 2. The third-order valence-corrected chi connectivity index (χ3v) is 6.21. The molecule has 3 aromatic carbocycles. The quantitative estimate of drug-likeness (QED) is 0.259. The normalized spacial score (nSPS) is 13.9. The van der Waals surface area contributed by atoms with Gasteiger partial charge in [0.15, 0.2) is 0 Å². The summed E-state index contributed by atoms with van der Waals surface area (Å²) in [5.41, 5.74) is 3.99. The van der Waals surface area contributed by atoms with Gasteiger partial charge in [0.05, 0.1) is 5.69 Å². The first kappa shape index (κ1) is 18.1. The molecule has 0 radical (unpaired) electrons. The monoisotopic (exact) mass is 387 g/mol. The van der Waals surface area contributed by atoms with Crippen LogP contribution in [0.2, 0.25) is 0 Å². The fourth-order valence-electron chi connectivity index (χ4n) is 3.13. The molecule has 0 N–H and O–H groups in total. The Morgan fingerprint density at radius 3 is 2.26 bits per heavy atom. The molecule has 0 atom stereocenters. The summed E-state index contributed by atoms with van der Waals surface area (Å²) in [6.45, 7) is 0. The molecule has 0 amide bonds. The van der Waals surface area contributed by atoms with Crippen molar-refractivity contribution < 1.29 is 0 Å². The Bertz CT molecular complexity index is 947. The van der Waals surface area contributed by atoms with Crippen molar-refractivity contribution in [1.29, 1.82) is 0 Å². The standard InChI is InChI=1S/C24H21NS2/c1-3-10-22(11-4-1)26-17-16-24(27-23-12-5-2-6-13-23)25-21-15-14-19-8-7-9-20(19)18-21/h1-6,10-18H,7-9H2. The summed E-state index contributed by atoms with van der Waals surface area (Å²) < 4.78 is 0.